The van der Waals surface area contributed by atoms with Crippen LogP contribution in [0, 0.1) is 5.92 Å². The van der Waals surface area contributed by atoms with Crippen molar-refractivity contribution in [2.24, 2.45) is 5.92 Å². The monoisotopic (exact) mass is 226 g/mol. The Morgan fingerprint density at radius 1 is 1.31 bits per heavy atom. The van der Waals surface area contributed by atoms with Crippen molar-refractivity contribution in [3.63, 3.8) is 0 Å². The summed E-state index contributed by atoms with van der Waals surface area (Å²) in [6.07, 6.45) is 5.45. The standard InChI is InChI=1S/C14H30N2/c1-5-8-12(3)16-10-7-9-14(11-16)13(4)15-6-2/h12-15H,5-11H2,1-4H3. The van der Waals surface area contributed by atoms with Crippen molar-refractivity contribution in [1.82, 2.24) is 10.2 Å². The molecule has 1 rings (SSSR count). The van der Waals surface area contributed by atoms with Crippen molar-refractivity contribution in [3.8, 4) is 0 Å². The van der Waals surface area contributed by atoms with Crippen LogP contribution in [0.15, 0.2) is 0 Å². The van der Waals surface area contributed by atoms with Gasteiger partial charge in [-0.15, -0.1) is 0 Å². The van der Waals surface area contributed by atoms with E-state index in [1.54, 1.807) is 0 Å². The van der Waals surface area contributed by atoms with Gasteiger partial charge in [-0.2, -0.15) is 0 Å². The van der Waals surface area contributed by atoms with Crippen molar-refractivity contribution < 1.29 is 0 Å². The van der Waals surface area contributed by atoms with Gasteiger partial charge in [0.05, 0.1) is 0 Å². The Kier molecular flexibility index (Phi) is 6.37. The maximum Gasteiger partial charge on any atom is 0.00791 e. The molecule has 0 bridgehead atoms. The summed E-state index contributed by atoms with van der Waals surface area (Å²) in [4.78, 5) is 2.70. The molecule has 1 heterocycles. The normalized spacial score (nSPS) is 26.6. The molecule has 2 heteroatoms. The molecule has 1 N–H and O–H groups in total. The highest BCUT2D eigenvalue weighted by molar-refractivity contribution is 4.82. The molecule has 0 aromatic heterocycles. The zero-order valence-electron chi connectivity index (χ0n) is 11.6. The van der Waals surface area contributed by atoms with Crippen LogP contribution >= 0.6 is 0 Å². The number of piperidine rings is 1. The predicted octanol–water partition coefficient (Wildman–Crippen LogP) is 2.89. The molecule has 0 aromatic carbocycles. The number of nitrogens with one attached hydrogen (secondary N) is 1. The van der Waals surface area contributed by atoms with E-state index >= 15 is 0 Å². The molecule has 0 spiro atoms. The molecule has 1 saturated heterocycles. The molecule has 1 fully saturated rings. The van der Waals surface area contributed by atoms with Crippen LogP contribution in [0.4, 0.5) is 0 Å². The van der Waals surface area contributed by atoms with E-state index in [1.165, 1.54) is 38.8 Å². The van der Waals surface area contributed by atoms with E-state index in [9.17, 15) is 0 Å². The van der Waals surface area contributed by atoms with Crippen molar-refractivity contribution >= 4 is 0 Å². The molecule has 3 unspecified atom stereocenters. The summed E-state index contributed by atoms with van der Waals surface area (Å²) in [5.74, 6) is 0.855. The maximum atomic E-state index is 3.58. The fourth-order valence-electron chi connectivity index (χ4n) is 2.94. The Bertz CT molecular complexity index is 164. The lowest BCUT2D eigenvalue weighted by atomic mass is 9.90. The third-order valence-electron chi connectivity index (χ3n) is 4.05. The predicted molar refractivity (Wildman–Crippen MR) is 71.8 cm³/mol. The van der Waals surface area contributed by atoms with Gasteiger partial charge in [0.2, 0.25) is 0 Å². The van der Waals surface area contributed by atoms with Crippen LogP contribution in [0.5, 0.6) is 0 Å². The molecule has 3 atom stereocenters. The van der Waals surface area contributed by atoms with Crippen LogP contribution < -0.4 is 5.32 Å². The third kappa shape index (κ3) is 4.06. The second-order valence-corrected chi connectivity index (χ2v) is 5.38. The number of hydrogen-bond donors (Lipinski definition) is 1. The van der Waals surface area contributed by atoms with E-state index in [4.69, 9.17) is 0 Å². The average molecular weight is 226 g/mol. The van der Waals surface area contributed by atoms with Crippen molar-refractivity contribution in [2.75, 3.05) is 19.6 Å². The highest BCUT2D eigenvalue weighted by Crippen LogP contribution is 2.22. The molecule has 0 aliphatic carbocycles. The lowest BCUT2D eigenvalue weighted by Gasteiger charge is -2.39. The first-order valence-corrected chi connectivity index (χ1v) is 7.16. The molecule has 2 nitrogen and oxygen atoms in total. The average Bonchev–Trinajstić information content (AvgIpc) is 2.30. The second kappa shape index (κ2) is 7.29. The van der Waals surface area contributed by atoms with Gasteiger partial charge in [-0.25, -0.2) is 0 Å². The van der Waals surface area contributed by atoms with Crippen LogP contribution in [-0.4, -0.2) is 36.6 Å². The van der Waals surface area contributed by atoms with Crippen LogP contribution in [0.1, 0.15) is 53.4 Å². The minimum absolute atomic E-state index is 0.682. The summed E-state index contributed by atoms with van der Waals surface area (Å²) in [5.41, 5.74) is 0. The molecule has 1 aliphatic rings. The lowest BCUT2D eigenvalue weighted by molar-refractivity contribution is 0.110. The minimum atomic E-state index is 0.682. The molecule has 16 heavy (non-hydrogen) atoms. The summed E-state index contributed by atoms with van der Waals surface area (Å²) in [7, 11) is 0. The zero-order valence-corrected chi connectivity index (χ0v) is 11.6. The Hall–Kier alpha value is -0.0800. The first kappa shape index (κ1) is 14.0. The quantitative estimate of drug-likeness (QED) is 0.749. The van der Waals surface area contributed by atoms with Crippen LogP contribution in [0.25, 0.3) is 0 Å². The van der Waals surface area contributed by atoms with E-state index in [2.05, 4.69) is 37.9 Å². The van der Waals surface area contributed by atoms with Crippen LogP contribution in [0.2, 0.25) is 0 Å². The Labute approximate surface area is 102 Å². The molecule has 0 amide bonds. The summed E-state index contributed by atoms with van der Waals surface area (Å²) in [6.45, 7) is 13.0. The fourth-order valence-corrected chi connectivity index (χ4v) is 2.94. The van der Waals surface area contributed by atoms with Gasteiger partial charge in [0.25, 0.3) is 0 Å². The van der Waals surface area contributed by atoms with E-state index in [1.807, 2.05) is 0 Å². The summed E-state index contributed by atoms with van der Waals surface area (Å²) < 4.78 is 0. The van der Waals surface area contributed by atoms with Gasteiger partial charge >= 0.3 is 0 Å². The van der Waals surface area contributed by atoms with E-state index in [0.717, 1.165) is 18.5 Å². The Morgan fingerprint density at radius 2 is 2.06 bits per heavy atom. The van der Waals surface area contributed by atoms with Gasteiger partial charge in [-0.3, -0.25) is 0 Å². The second-order valence-electron chi connectivity index (χ2n) is 5.38. The van der Waals surface area contributed by atoms with Gasteiger partial charge in [-0.05, 0) is 52.1 Å². The van der Waals surface area contributed by atoms with Gasteiger partial charge in [0, 0.05) is 18.6 Å². The lowest BCUT2D eigenvalue weighted by Crippen LogP contribution is -2.47. The highest BCUT2D eigenvalue weighted by atomic mass is 15.2. The zero-order chi connectivity index (χ0) is 12.0. The number of likely N-dealkylation sites (tertiary alicyclic amines) is 1. The Morgan fingerprint density at radius 3 is 2.69 bits per heavy atom. The summed E-state index contributed by atoms with van der Waals surface area (Å²) >= 11 is 0. The number of hydrogen-bond acceptors (Lipinski definition) is 2. The van der Waals surface area contributed by atoms with E-state index < -0.39 is 0 Å². The van der Waals surface area contributed by atoms with Crippen molar-refractivity contribution in [2.45, 2.75) is 65.5 Å². The minimum Gasteiger partial charge on any atom is -0.314 e. The molecular formula is C14H30N2. The molecule has 96 valence electrons. The van der Waals surface area contributed by atoms with E-state index in [-0.39, 0.29) is 0 Å². The van der Waals surface area contributed by atoms with Crippen LogP contribution in [-0.2, 0) is 0 Å². The van der Waals surface area contributed by atoms with Gasteiger partial charge < -0.3 is 10.2 Å². The Balaban J connectivity index is 2.40. The van der Waals surface area contributed by atoms with Gasteiger partial charge in [0.15, 0.2) is 0 Å². The van der Waals surface area contributed by atoms with Gasteiger partial charge in [-0.1, -0.05) is 20.3 Å². The van der Waals surface area contributed by atoms with Crippen molar-refractivity contribution in [3.05, 3.63) is 0 Å². The van der Waals surface area contributed by atoms with Crippen molar-refractivity contribution in [1.29, 1.82) is 0 Å². The topological polar surface area (TPSA) is 15.3 Å². The van der Waals surface area contributed by atoms with E-state index in [0.29, 0.717) is 6.04 Å². The number of nitrogens with zero attached hydrogens (tertiary/aromatic N) is 1. The molecule has 1 aliphatic heterocycles. The smallest absolute Gasteiger partial charge is 0.00791 e. The summed E-state index contributed by atoms with van der Waals surface area (Å²) in [6, 6.07) is 1.46. The van der Waals surface area contributed by atoms with Gasteiger partial charge in [0.1, 0.15) is 0 Å². The first-order chi connectivity index (χ1) is 7.69. The first-order valence-electron chi connectivity index (χ1n) is 7.16. The third-order valence-corrected chi connectivity index (χ3v) is 4.05. The fraction of sp³-hybridized carbons (Fsp3) is 1.00. The largest absolute Gasteiger partial charge is 0.314 e. The number of rotatable bonds is 6. The molecule has 0 aromatic rings. The SMILES string of the molecule is CCCC(C)N1CCCC(C(C)NCC)C1. The highest BCUT2D eigenvalue weighted by Gasteiger charge is 2.26. The summed E-state index contributed by atoms with van der Waals surface area (Å²) in [5, 5.41) is 3.58. The molecular weight excluding hydrogens is 196 g/mol. The molecule has 0 radical (unpaired) electrons. The van der Waals surface area contributed by atoms with Crippen LogP contribution in [0.3, 0.4) is 0 Å². The maximum absolute atomic E-state index is 3.58. The molecule has 0 saturated carbocycles.